The Morgan fingerprint density at radius 2 is 1.89 bits per heavy atom. The molecule has 3 aromatic rings. The van der Waals surface area contributed by atoms with E-state index in [-0.39, 0.29) is 22.1 Å². The van der Waals surface area contributed by atoms with Crippen LogP contribution in [0.4, 0.5) is 0 Å². The Balaban J connectivity index is 1.80. The summed E-state index contributed by atoms with van der Waals surface area (Å²) in [4.78, 5) is 29.4. The third kappa shape index (κ3) is 3.09. The highest BCUT2D eigenvalue weighted by atomic mass is 35.5. The molecule has 1 aliphatic rings. The summed E-state index contributed by atoms with van der Waals surface area (Å²) in [5.41, 5.74) is 2.60. The number of aromatic amines is 1. The third-order valence-corrected chi connectivity index (χ3v) is 5.17. The van der Waals surface area contributed by atoms with Gasteiger partial charge in [0.1, 0.15) is 0 Å². The molecule has 0 atom stereocenters. The van der Waals surface area contributed by atoms with Crippen LogP contribution >= 0.6 is 23.2 Å². The first-order valence-corrected chi connectivity index (χ1v) is 9.02. The summed E-state index contributed by atoms with van der Waals surface area (Å²) in [6.07, 6.45) is 1.89. The molecule has 136 valence electrons. The summed E-state index contributed by atoms with van der Waals surface area (Å²) < 4.78 is 0. The van der Waals surface area contributed by atoms with Crippen molar-refractivity contribution in [3.63, 3.8) is 0 Å². The van der Waals surface area contributed by atoms with Gasteiger partial charge in [-0.3, -0.25) is 4.79 Å². The molecule has 2 N–H and O–H groups in total. The van der Waals surface area contributed by atoms with Gasteiger partial charge in [-0.05, 0) is 36.2 Å². The summed E-state index contributed by atoms with van der Waals surface area (Å²) in [5, 5.41) is 11.3. The van der Waals surface area contributed by atoms with Crippen LogP contribution in [0, 0.1) is 0 Å². The zero-order chi connectivity index (χ0) is 19.1. The molecule has 0 spiro atoms. The molecule has 0 aliphatic carbocycles. The number of benzene rings is 2. The fourth-order valence-electron chi connectivity index (χ4n) is 3.35. The molecule has 5 nitrogen and oxygen atoms in total. The summed E-state index contributed by atoms with van der Waals surface area (Å²) in [7, 11) is 0. The number of halogens is 2. The Morgan fingerprint density at radius 3 is 2.63 bits per heavy atom. The van der Waals surface area contributed by atoms with Gasteiger partial charge in [-0.2, -0.15) is 0 Å². The number of H-pyrrole nitrogens is 1. The second-order valence-electron chi connectivity index (χ2n) is 6.24. The first kappa shape index (κ1) is 17.6. The van der Waals surface area contributed by atoms with E-state index in [1.165, 1.54) is 17.2 Å². The number of aliphatic carboxylic acids is 1. The number of nitrogens with zero attached hydrogens (tertiary/aromatic N) is 1. The standard InChI is InChI=1S/C20H14Cl2N2O3/c21-11-5-6-14(16(22)9-11)19(25)24-8-7-13-12-3-1-2-4-17(12)23-18(13)15(10-24)20(26)27/h1-6,9-10,23H,7-8H2,(H,26,27). The van der Waals surface area contributed by atoms with Crippen LogP contribution < -0.4 is 0 Å². The maximum Gasteiger partial charge on any atom is 0.339 e. The number of aromatic nitrogens is 1. The minimum Gasteiger partial charge on any atom is -0.478 e. The number of amides is 1. The number of carboxylic acid groups (broad SMARTS) is 1. The van der Waals surface area contributed by atoms with Gasteiger partial charge in [0.15, 0.2) is 0 Å². The van der Waals surface area contributed by atoms with Gasteiger partial charge in [0.2, 0.25) is 0 Å². The summed E-state index contributed by atoms with van der Waals surface area (Å²) in [5.74, 6) is -1.48. The van der Waals surface area contributed by atoms with Gasteiger partial charge in [0.05, 0.1) is 21.9 Å². The Kier molecular flexibility index (Phi) is 4.42. The first-order chi connectivity index (χ1) is 13.0. The molecule has 1 aromatic heterocycles. The number of nitrogens with one attached hydrogen (secondary N) is 1. The van der Waals surface area contributed by atoms with E-state index in [2.05, 4.69) is 4.98 Å². The topological polar surface area (TPSA) is 73.4 Å². The molecule has 4 rings (SSSR count). The monoisotopic (exact) mass is 400 g/mol. The van der Waals surface area contributed by atoms with Crippen molar-refractivity contribution in [1.29, 1.82) is 0 Å². The SMILES string of the molecule is O=C(O)C1=CN(C(=O)c2ccc(Cl)cc2Cl)CCc2c1[nH]c1ccccc21. The molecule has 1 aliphatic heterocycles. The molecule has 2 heterocycles. The number of hydrogen-bond acceptors (Lipinski definition) is 2. The fraction of sp³-hybridized carbons (Fsp3) is 0.100. The molecule has 1 amide bonds. The van der Waals surface area contributed by atoms with Crippen molar-refractivity contribution in [2.75, 3.05) is 6.54 Å². The molecule has 0 unspecified atom stereocenters. The summed E-state index contributed by atoms with van der Waals surface area (Å²) >= 11 is 12.1. The number of para-hydroxylation sites is 1. The maximum atomic E-state index is 12.9. The molecule has 2 aromatic carbocycles. The maximum absolute atomic E-state index is 12.9. The number of rotatable bonds is 2. The molecule has 7 heteroatoms. The van der Waals surface area contributed by atoms with Crippen molar-refractivity contribution in [2.24, 2.45) is 0 Å². The van der Waals surface area contributed by atoms with Crippen LogP contribution in [-0.4, -0.2) is 33.4 Å². The Hall–Kier alpha value is -2.76. The molecule has 27 heavy (non-hydrogen) atoms. The lowest BCUT2D eigenvalue weighted by molar-refractivity contribution is -0.130. The second-order valence-corrected chi connectivity index (χ2v) is 7.09. The molecule has 0 fully saturated rings. The lowest BCUT2D eigenvalue weighted by Crippen LogP contribution is -2.28. The quantitative estimate of drug-likeness (QED) is 0.659. The van der Waals surface area contributed by atoms with Crippen molar-refractivity contribution in [2.45, 2.75) is 6.42 Å². The summed E-state index contributed by atoms with van der Waals surface area (Å²) in [6, 6.07) is 12.3. The van der Waals surface area contributed by atoms with Crippen molar-refractivity contribution in [1.82, 2.24) is 9.88 Å². The molecule has 0 saturated carbocycles. The summed E-state index contributed by atoms with van der Waals surface area (Å²) in [6.45, 7) is 0.337. The smallest absolute Gasteiger partial charge is 0.339 e. The van der Waals surface area contributed by atoms with E-state index >= 15 is 0 Å². The molecule has 0 bridgehead atoms. The average Bonchev–Trinajstić information content (AvgIpc) is 2.88. The van der Waals surface area contributed by atoms with E-state index < -0.39 is 5.97 Å². The second kappa shape index (κ2) is 6.76. The van der Waals surface area contributed by atoms with Gasteiger partial charge in [0, 0.05) is 28.7 Å². The Morgan fingerprint density at radius 1 is 1.11 bits per heavy atom. The van der Waals surface area contributed by atoms with Crippen LogP contribution in [0.15, 0.2) is 48.7 Å². The van der Waals surface area contributed by atoms with Crippen molar-refractivity contribution in [3.8, 4) is 0 Å². The van der Waals surface area contributed by atoms with Gasteiger partial charge in [-0.1, -0.05) is 41.4 Å². The van der Waals surface area contributed by atoms with Gasteiger partial charge in [-0.25, -0.2) is 4.79 Å². The first-order valence-electron chi connectivity index (χ1n) is 8.27. The van der Waals surface area contributed by atoms with E-state index in [1.807, 2.05) is 24.3 Å². The highest BCUT2D eigenvalue weighted by Crippen LogP contribution is 2.32. The zero-order valence-electron chi connectivity index (χ0n) is 14.0. The van der Waals surface area contributed by atoms with Crippen molar-refractivity contribution in [3.05, 3.63) is 75.5 Å². The van der Waals surface area contributed by atoms with E-state index in [9.17, 15) is 14.7 Å². The van der Waals surface area contributed by atoms with Crippen LogP contribution in [0.5, 0.6) is 0 Å². The highest BCUT2D eigenvalue weighted by molar-refractivity contribution is 6.36. The lowest BCUT2D eigenvalue weighted by Gasteiger charge is -2.18. The molecule has 0 saturated heterocycles. The number of fused-ring (bicyclic) bond motifs is 3. The van der Waals surface area contributed by atoms with Crippen LogP contribution in [0.25, 0.3) is 16.5 Å². The zero-order valence-corrected chi connectivity index (χ0v) is 15.5. The lowest BCUT2D eigenvalue weighted by atomic mass is 10.0. The largest absolute Gasteiger partial charge is 0.478 e. The van der Waals surface area contributed by atoms with Crippen LogP contribution in [0.1, 0.15) is 21.6 Å². The predicted octanol–water partition coefficient (Wildman–Crippen LogP) is 4.60. The number of carbonyl (C=O) groups excluding carboxylic acids is 1. The number of carboxylic acids is 1. The van der Waals surface area contributed by atoms with Crippen molar-refractivity contribution >= 4 is 51.6 Å². The third-order valence-electron chi connectivity index (χ3n) is 4.62. The minimum absolute atomic E-state index is 0.0390. The highest BCUT2D eigenvalue weighted by Gasteiger charge is 2.27. The van der Waals surface area contributed by atoms with Gasteiger partial charge in [-0.15, -0.1) is 0 Å². The van der Waals surface area contributed by atoms with Crippen molar-refractivity contribution < 1.29 is 14.7 Å². The molecular formula is C20H14Cl2N2O3. The minimum atomic E-state index is -1.11. The van der Waals surface area contributed by atoms with Crippen LogP contribution in [-0.2, 0) is 11.2 Å². The van der Waals surface area contributed by atoms with E-state index in [0.29, 0.717) is 23.7 Å². The van der Waals surface area contributed by atoms with Gasteiger partial charge >= 0.3 is 5.97 Å². The van der Waals surface area contributed by atoms with E-state index in [4.69, 9.17) is 23.2 Å². The van der Waals surface area contributed by atoms with Crippen LogP contribution in [0.3, 0.4) is 0 Å². The van der Waals surface area contributed by atoms with E-state index in [1.54, 1.807) is 12.1 Å². The molecular weight excluding hydrogens is 387 g/mol. The predicted molar refractivity (Wildman–Crippen MR) is 105 cm³/mol. The van der Waals surface area contributed by atoms with Gasteiger partial charge < -0.3 is 15.0 Å². The normalized spacial score (nSPS) is 13.9. The number of hydrogen-bond donors (Lipinski definition) is 2. The average molecular weight is 401 g/mol. The van der Waals surface area contributed by atoms with E-state index in [0.717, 1.165) is 16.5 Å². The number of carbonyl (C=O) groups is 2. The Bertz CT molecular complexity index is 1120. The Labute approximate surface area is 164 Å². The van der Waals surface area contributed by atoms with Gasteiger partial charge in [0.25, 0.3) is 5.91 Å². The van der Waals surface area contributed by atoms with Crippen LogP contribution in [0.2, 0.25) is 10.0 Å². The molecule has 0 radical (unpaired) electrons. The fourth-order valence-corrected chi connectivity index (χ4v) is 3.84.